The van der Waals surface area contributed by atoms with Gasteiger partial charge < -0.3 is 9.72 Å². The van der Waals surface area contributed by atoms with Crippen LogP contribution in [0.15, 0.2) is 18.6 Å². The SMILES string of the molecule is CCOC(=O)c1c[nH]c2c(Cl)cncc12. The van der Waals surface area contributed by atoms with E-state index in [2.05, 4.69) is 9.97 Å². The fourth-order valence-corrected chi connectivity index (χ4v) is 1.60. The number of halogens is 1. The molecule has 2 heterocycles. The van der Waals surface area contributed by atoms with Crippen LogP contribution in [0.5, 0.6) is 0 Å². The van der Waals surface area contributed by atoms with Crippen LogP contribution >= 0.6 is 11.6 Å². The molecule has 0 amide bonds. The molecular weight excluding hydrogens is 216 g/mol. The van der Waals surface area contributed by atoms with Crippen LogP contribution in [0.1, 0.15) is 17.3 Å². The maximum absolute atomic E-state index is 11.5. The van der Waals surface area contributed by atoms with E-state index in [4.69, 9.17) is 16.3 Å². The van der Waals surface area contributed by atoms with Crippen molar-refractivity contribution in [3.05, 3.63) is 29.2 Å². The smallest absolute Gasteiger partial charge is 0.340 e. The molecule has 2 rings (SSSR count). The largest absolute Gasteiger partial charge is 0.462 e. The lowest BCUT2D eigenvalue weighted by molar-refractivity contribution is 0.0528. The van der Waals surface area contributed by atoms with Crippen molar-refractivity contribution in [1.82, 2.24) is 9.97 Å². The summed E-state index contributed by atoms with van der Waals surface area (Å²) in [6.07, 6.45) is 4.69. The molecule has 0 bridgehead atoms. The second-order valence-corrected chi connectivity index (χ2v) is 3.37. The summed E-state index contributed by atoms with van der Waals surface area (Å²) < 4.78 is 4.90. The quantitative estimate of drug-likeness (QED) is 0.797. The zero-order valence-electron chi connectivity index (χ0n) is 8.08. The lowest BCUT2D eigenvalue weighted by Crippen LogP contribution is -2.03. The van der Waals surface area contributed by atoms with Crippen molar-refractivity contribution in [2.45, 2.75) is 6.92 Å². The molecule has 0 saturated carbocycles. The zero-order valence-corrected chi connectivity index (χ0v) is 8.84. The standard InChI is InChI=1S/C10H9ClN2O2/c1-2-15-10(14)7-4-13-9-6(7)3-12-5-8(9)11/h3-5,13H,2H2,1H3. The summed E-state index contributed by atoms with van der Waals surface area (Å²) in [5.74, 6) is -0.368. The number of aromatic nitrogens is 2. The number of fused-ring (bicyclic) bond motifs is 1. The molecule has 1 N–H and O–H groups in total. The fourth-order valence-electron chi connectivity index (χ4n) is 1.39. The Morgan fingerprint density at radius 1 is 1.60 bits per heavy atom. The van der Waals surface area contributed by atoms with Gasteiger partial charge in [-0.25, -0.2) is 4.79 Å². The summed E-state index contributed by atoms with van der Waals surface area (Å²) in [6.45, 7) is 2.11. The van der Waals surface area contributed by atoms with E-state index in [-0.39, 0.29) is 5.97 Å². The van der Waals surface area contributed by atoms with Crippen molar-refractivity contribution < 1.29 is 9.53 Å². The number of aromatic amines is 1. The molecule has 0 aliphatic heterocycles. The first-order valence-electron chi connectivity index (χ1n) is 4.51. The van der Waals surface area contributed by atoms with Gasteiger partial charge in [-0.15, -0.1) is 0 Å². The third kappa shape index (κ3) is 1.68. The topological polar surface area (TPSA) is 55.0 Å². The molecular formula is C10H9ClN2O2. The molecule has 0 aromatic carbocycles. The number of carbonyl (C=O) groups excluding carboxylic acids is 1. The molecule has 5 heteroatoms. The predicted molar refractivity (Wildman–Crippen MR) is 57.1 cm³/mol. The third-order valence-corrected chi connectivity index (χ3v) is 2.33. The molecule has 4 nitrogen and oxygen atoms in total. The molecule has 0 fully saturated rings. The Morgan fingerprint density at radius 2 is 2.40 bits per heavy atom. The van der Waals surface area contributed by atoms with Crippen molar-refractivity contribution in [3.8, 4) is 0 Å². The zero-order chi connectivity index (χ0) is 10.8. The number of esters is 1. The molecule has 15 heavy (non-hydrogen) atoms. The van der Waals surface area contributed by atoms with Gasteiger partial charge in [-0.3, -0.25) is 4.98 Å². The van der Waals surface area contributed by atoms with Crippen molar-refractivity contribution in [3.63, 3.8) is 0 Å². The van der Waals surface area contributed by atoms with Gasteiger partial charge in [0.05, 0.1) is 22.7 Å². The van der Waals surface area contributed by atoms with E-state index in [0.29, 0.717) is 28.1 Å². The molecule has 0 unspecified atom stereocenters. The highest BCUT2D eigenvalue weighted by Crippen LogP contribution is 2.24. The van der Waals surface area contributed by atoms with Crippen LogP contribution in [-0.4, -0.2) is 22.5 Å². The fraction of sp³-hybridized carbons (Fsp3) is 0.200. The van der Waals surface area contributed by atoms with E-state index in [0.717, 1.165) is 0 Å². The van der Waals surface area contributed by atoms with Crippen molar-refractivity contribution in [1.29, 1.82) is 0 Å². The average molecular weight is 225 g/mol. The molecule has 2 aromatic rings. The monoisotopic (exact) mass is 224 g/mol. The second kappa shape index (κ2) is 3.90. The summed E-state index contributed by atoms with van der Waals surface area (Å²) >= 11 is 5.91. The number of hydrogen-bond acceptors (Lipinski definition) is 3. The van der Waals surface area contributed by atoms with Crippen LogP contribution in [0.3, 0.4) is 0 Å². The normalized spacial score (nSPS) is 10.5. The highest BCUT2D eigenvalue weighted by atomic mass is 35.5. The number of H-pyrrole nitrogens is 1. The van der Waals surface area contributed by atoms with Crippen molar-refractivity contribution in [2.75, 3.05) is 6.61 Å². The number of hydrogen-bond donors (Lipinski definition) is 1. The minimum absolute atomic E-state index is 0.347. The summed E-state index contributed by atoms with van der Waals surface area (Å²) in [6, 6.07) is 0. The lowest BCUT2D eigenvalue weighted by Gasteiger charge is -1.99. The van der Waals surface area contributed by atoms with Crippen LogP contribution in [0.25, 0.3) is 10.9 Å². The van der Waals surface area contributed by atoms with Crippen LogP contribution in [0, 0.1) is 0 Å². The Balaban J connectivity index is 2.54. The lowest BCUT2D eigenvalue weighted by atomic mass is 10.2. The Hall–Kier alpha value is -1.55. The van der Waals surface area contributed by atoms with Gasteiger partial charge in [-0.2, -0.15) is 0 Å². The average Bonchev–Trinajstić information content (AvgIpc) is 2.63. The molecule has 0 saturated heterocycles. The van der Waals surface area contributed by atoms with Gasteiger partial charge >= 0.3 is 5.97 Å². The predicted octanol–water partition coefficient (Wildman–Crippen LogP) is 2.39. The van der Waals surface area contributed by atoms with E-state index in [1.165, 1.54) is 6.20 Å². The van der Waals surface area contributed by atoms with E-state index in [1.54, 1.807) is 19.3 Å². The number of rotatable bonds is 2. The van der Waals surface area contributed by atoms with Crippen LogP contribution in [0.4, 0.5) is 0 Å². The first-order chi connectivity index (χ1) is 7.24. The van der Waals surface area contributed by atoms with Gasteiger partial charge in [0, 0.05) is 24.0 Å². The molecule has 0 aliphatic rings. The van der Waals surface area contributed by atoms with Gasteiger partial charge in [-0.05, 0) is 6.92 Å². The number of pyridine rings is 1. The van der Waals surface area contributed by atoms with Crippen LogP contribution in [-0.2, 0) is 4.74 Å². The third-order valence-electron chi connectivity index (χ3n) is 2.05. The maximum atomic E-state index is 11.5. The van der Waals surface area contributed by atoms with Gasteiger partial charge in [-0.1, -0.05) is 11.6 Å². The van der Waals surface area contributed by atoms with E-state index < -0.39 is 0 Å². The van der Waals surface area contributed by atoms with Crippen LogP contribution < -0.4 is 0 Å². The first-order valence-corrected chi connectivity index (χ1v) is 4.89. The molecule has 0 atom stereocenters. The molecule has 0 spiro atoms. The Morgan fingerprint density at radius 3 is 3.13 bits per heavy atom. The Kier molecular flexibility index (Phi) is 2.60. The summed E-state index contributed by atoms with van der Waals surface area (Å²) in [4.78, 5) is 18.4. The van der Waals surface area contributed by atoms with Gasteiger partial charge in [0.25, 0.3) is 0 Å². The van der Waals surface area contributed by atoms with E-state index in [1.807, 2.05) is 0 Å². The number of ether oxygens (including phenoxy) is 1. The molecule has 78 valence electrons. The summed E-state index contributed by atoms with van der Waals surface area (Å²) in [5, 5.41) is 1.17. The number of nitrogens with zero attached hydrogens (tertiary/aromatic N) is 1. The Labute approximate surface area is 91.2 Å². The molecule has 2 aromatic heterocycles. The summed E-state index contributed by atoms with van der Waals surface area (Å²) in [5.41, 5.74) is 1.16. The highest BCUT2D eigenvalue weighted by molar-refractivity contribution is 6.35. The minimum atomic E-state index is -0.368. The van der Waals surface area contributed by atoms with Crippen LogP contribution in [0.2, 0.25) is 5.02 Å². The second-order valence-electron chi connectivity index (χ2n) is 2.97. The van der Waals surface area contributed by atoms with E-state index in [9.17, 15) is 4.79 Å². The Bertz CT molecular complexity index is 507. The van der Waals surface area contributed by atoms with Gasteiger partial charge in [0.1, 0.15) is 0 Å². The van der Waals surface area contributed by atoms with Crippen molar-refractivity contribution in [2.24, 2.45) is 0 Å². The van der Waals surface area contributed by atoms with E-state index >= 15 is 0 Å². The number of carbonyl (C=O) groups is 1. The van der Waals surface area contributed by atoms with Gasteiger partial charge in [0.15, 0.2) is 0 Å². The first kappa shape index (κ1) is 9.98. The molecule has 0 aliphatic carbocycles. The maximum Gasteiger partial charge on any atom is 0.340 e. The minimum Gasteiger partial charge on any atom is -0.462 e. The molecule has 0 radical (unpaired) electrons. The van der Waals surface area contributed by atoms with Gasteiger partial charge in [0.2, 0.25) is 0 Å². The van der Waals surface area contributed by atoms with Crippen molar-refractivity contribution >= 4 is 28.5 Å². The highest BCUT2D eigenvalue weighted by Gasteiger charge is 2.14. The summed E-state index contributed by atoms with van der Waals surface area (Å²) in [7, 11) is 0. The number of nitrogens with one attached hydrogen (secondary N) is 1.